The molecular formula is C68H131NO5. The Balaban J connectivity index is 3.40. The molecule has 74 heavy (non-hydrogen) atoms. The lowest BCUT2D eigenvalue weighted by Crippen LogP contribution is -2.45. The number of carbonyl (C=O) groups excluding carboxylic acids is 2. The molecule has 0 bridgehead atoms. The number of aliphatic hydroxyl groups excluding tert-OH is 2. The Bertz CT molecular complexity index is 1150. The van der Waals surface area contributed by atoms with E-state index in [0.717, 1.165) is 44.9 Å². The molecule has 0 radical (unpaired) electrons. The molecule has 0 fully saturated rings. The number of hydrogen-bond acceptors (Lipinski definition) is 5. The quantitative estimate of drug-likeness (QED) is 0.0320. The maximum Gasteiger partial charge on any atom is 0.305 e. The van der Waals surface area contributed by atoms with Crippen LogP contribution in [0.2, 0.25) is 0 Å². The summed E-state index contributed by atoms with van der Waals surface area (Å²) in [4.78, 5) is 24.6. The van der Waals surface area contributed by atoms with Crippen molar-refractivity contribution in [3.8, 4) is 0 Å². The van der Waals surface area contributed by atoms with Gasteiger partial charge in [0.05, 0.1) is 25.4 Å². The number of carbonyl (C=O) groups is 2. The van der Waals surface area contributed by atoms with E-state index < -0.39 is 12.1 Å². The van der Waals surface area contributed by atoms with Gasteiger partial charge in [0.2, 0.25) is 5.91 Å². The van der Waals surface area contributed by atoms with Crippen molar-refractivity contribution in [2.45, 2.75) is 386 Å². The molecule has 0 aliphatic heterocycles. The number of rotatable bonds is 63. The molecule has 2 atom stereocenters. The van der Waals surface area contributed by atoms with Gasteiger partial charge in [-0.2, -0.15) is 0 Å². The molecule has 0 saturated carbocycles. The van der Waals surface area contributed by atoms with Gasteiger partial charge in [0, 0.05) is 12.8 Å². The third-order valence-electron chi connectivity index (χ3n) is 15.7. The molecule has 6 heteroatoms. The highest BCUT2D eigenvalue weighted by molar-refractivity contribution is 5.76. The van der Waals surface area contributed by atoms with Gasteiger partial charge in [-0.3, -0.25) is 9.59 Å². The van der Waals surface area contributed by atoms with Crippen LogP contribution >= 0.6 is 0 Å². The number of esters is 1. The minimum atomic E-state index is -0.668. The fraction of sp³-hybridized carbons (Fsp3) is 0.912. The second-order valence-corrected chi connectivity index (χ2v) is 23.1. The molecule has 0 rings (SSSR count). The molecular weight excluding hydrogens is 911 g/mol. The van der Waals surface area contributed by atoms with Crippen molar-refractivity contribution in [3.05, 3.63) is 24.3 Å². The molecule has 0 spiro atoms. The van der Waals surface area contributed by atoms with E-state index in [1.54, 1.807) is 0 Å². The van der Waals surface area contributed by atoms with E-state index >= 15 is 0 Å². The number of amides is 1. The summed E-state index contributed by atoms with van der Waals surface area (Å²) < 4.78 is 5.48. The first-order valence-electron chi connectivity index (χ1n) is 33.6. The van der Waals surface area contributed by atoms with Crippen LogP contribution in [-0.4, -0.2) is 47.4 Å². The van der Waals surface area contributed by atoms with Crippen molar-refractivity contribution in [2.75, 3.05) is 13.2 Å². The van der Waals surface area contributed by atoms with Crippen LogP contribution in [0.3, 0.4) is 0 Å². The van der Waals surface area contributed by atoms with Gasteiger partial charge < -0.3 is 20.3 Å². The normalized spacial score (nSPS) is 12.6. The topological polar surface area (TPSA) is 95.9 Å². The third-order valence-corrected chi connectivity index (χ3v) is 15.7. The van der Waals surface area contributed by atoms with Gasteiger partial charge in [0.1, 0.15) is 0 Å². The molecule has 438 valence electrons. The van der Waals surface area contributed by atoms with E-state index in [9.17, 15) is 19.8 Å². The van der Waals surface area contributed by atoms with Crippen LogP contribution in [0, 0.1) is 0 Å². The van der Waals surface area contributed by atoms with Crippen molar-refractivity contribution < 1.29 is 24.5 Å². The molecule has 0 aliphatic rings. The molecule has 0 aromatic rings. The first-order valence-corrected chi connectivity index (χ1v) is 33.6. The predicted octanol–water partition coefficient (Wildman–Crippen LogP) is 21.4. The van der Waals surface area contributed by atoms with Crippen molar-refractivity contribution in [1.29, 1.82) is 0 Å². The van der Waals surface area contributed by atoms with Crippen molar-refractivity contribution in [2.24, 2.45) is 0 Å². The van der Waals surface area contributed by atoms with E-state index in [0.29, 0.717) is 25.9 Å². The predicted molar refractivity (Wildman–Crippen MR) is 324 cm³/mol. The maximum absolute atomic E-state index is 12.5. The molecule has 0 heterocycles. The molecule has 0 aliphatic carbocycles. The highest BCUT2D eigenvalue weighted by Gasteiger charge is 2.20. The lowest BCUT2D eigenvalue weighted by Gasteiger charge is -2.22. The number of unbranched alkanes of at least 4 members (excludes halogenated alkanes) is 48. The number of aliphatic hydroxyl groups is 2. The monoisotopic (exact) mass is 1040 g/mol. The van der Waals surface area contributed by atoms with E-state index in [2.05, 4.69) is 43.5 Å². The first kappa shape index (κ1) is 72.3. The Morgan fingerprint density at radius 1 is 0.365 bits per heavy atom. The minimum Gasteiger partial charge on any atom is -0.466 e. The van der Waals surface area contributed by atoms with Gasteiger partial charge >= 0.3 is 5.97 Å². The molecule has 2 unspecified atom stereocenters. The van der Waals surface area contributed by atoms with Crippen LogP contribution in [0.4, 0.5) is 0 Å². The molecule has 0 saturated heterocycles. The number of nitrogens with one attached hydrogen (secondary N) is 1. The smallest absolute Gasteiger partial charge is 0.305 e. The van der Waals surface area contributed by atoms with Crippen LogP contribution in [0.1, 0.15) is 373 Å². The SMILES string of the molecule is CCCCCCC/C=C\CCCCCCCC(=O)OCCCCCCCCCCCCCC/C=C\CCCCCCCCCCC(=O)NC(CO)C(O)CCCCCCCCCCCCCCCCCCCCC. The Morgan fingerprint density at radius 3 is 0.959 bits per heavy atom. The van der Waals surface area contributed by atoms with Gasteiger partial charge in [-0.1, -0.05) is 308 Å². The highest BCUT2D eigenvalue weighted by Crippen LogP contribution is 2.18. The number of hydrogen-bond donors (Lipinski definition) is 3. The Labute approximate surface area is 462 Å². The van der Waals surface area contributed by atoms with E-state index in [-0.39, 0.29) is 18.5 Å². The summed E-state index contributed by atoms with van der Waals surface area (Å²) in [5.41, 5.74) is 0. The Kier molecular flexibility index (Phi) is 62.4. The summed E-state index contributed by atoms with van der Waals surface area (Å²) in [6, 6.07) is -0.545. The van der Waals surface area contributed by atoms with Crippen LogP contribution in [0.15, 0.2) is 24.3 Å². The average molecular weight is 1040 g/mol. The summed E-state index contributed by atoms with van der Waals surface area (Å²) in [5, 5.41) is 23.4. The van der Waals surface area contributed by atoms with Crippen molar-refractivity contribution in [1.82, 2.24) is 5.32 Å². The third kappa shape index (κ3) is 59.6. The average Bonchev–Trinajstić information content (AvgIpc) is 3.40. The number of allylic oxidation sites excluding steroid dienone is 4. The zero-order valence-electron chi connectivity index (χ0n) is 50.1. The molecule has 0 aromatic carbocycles. The van der Waals surface area contributed by atoms with Gasteiger partial charge in [-0.05, 0) is 77.0 Å². The molecule has 6 nitrogen and oxygen atoms in total. The van der Waals surface area contributed by atoms with Crippen LogP contribution in [0.5, 0.6) is 0 Å². The van der Waals surface area contributed by atoms with Gasteiger partial charge in [0.15, 0.2) is 0 Å². The van der Waals surface area contributed by atoms with Crippen LogP contribution in [0.25, 0.3) is 0 Å². The molecule has 3 N–H and O–H groups in total. The lowest BCUT2D eigenvalue weighted by atomic mass is 10.0. The summed E-state index contributed by atoms with van der Waals surface area (Å²) in [6.45, 7) is 4.97. The van der Waals surface area contributed by atoms with Crippen molar-refractivity contribution >= 4 is 11.9 Å². The van der Waals surface area contributed by atoms with Crippen molar-refractivity contribution in [3.63, 3.8) is 0 Å². The maximum atomic E-state index is 12.5. The number of ether oxygens (including phenoxy) is 1. The van der Waals surface area contributed by atoms with Gasteiger partial charge in [-0.25, -0.2) is 0 Å². The fourth-order valence-electron chi connectivity index (χ4n) is 10.6. The van der Waals surface area contributed by atoms with E-state index in [4.69, 9.17) is 4.74 Å². The van der Waals surface area contributed by atoms with E-state index in [1.807, 2.05) is 0 Å². The van der Waals surface area contributed by atoms with Gasteiger partial charge in [-0.15, -0.1) is 0 Å². The van der Waals surface area contributed by atoms with E-state index in [1.165, 1.54) is 295 Å². The second-order valence-electron chi connectivity index (χ2n) is 23.1. The zero-order chi connectivity index (χ0) is 53.6. The summed E-state index contributed by atoms with van der Waals surface area (Å²) in [6.07, 6.45) is 79.2. The summed E-state index contributed by atoms with van der Waals surface area (Å²) in [5.74, 6) is -0.0314. The van der Waals surface area contributed by atoms with Gasteiger partial charge in [0.25, 0.3) is 0 Å². The highest BCUT2D eigenvalue weighted by atomic mass is 16.5. The van der Waals surface area contributed by atoms with Crippen LogP contribution in [-0.2, 0) is 14.3 Å². The van der Waals surface area contributed by atoms with Crippen LogP contribution < -0.4 is 5.32 Å². The Hall–Kier alpha value is -1.66. The lowest BCUT2D eigenvalue weighted by molar-refractivity contribution is -0.143. The standard InChI is InChI=1S/C68H131NO5/c1-3-5-7-9-11-13-15-17-19-20-27-30-33-36-40-44-48-52-56-60-66(71)65(64-70)69-67(72)61-57-53-49-45-41-37-34-31-28-25-23-21-22-24-26-29-32-35-39-43-47-51-55-59-63-74-68(73)62-58-54-50-46-42-38-18-16-14-12-10-8-6-4-2/h16,18,23,25,65-66,70-71H,3-15,17,19-22,24,26-64H2,1-2H3,(H,69,72)/b18-16-,25-23-. The molecule has 0 aromatic heterocycles. The molecule has 1 amide bonds. The largest absolute Gasteiger partial charge is 0.466 e. The fourth-order valence-corrected chi connectivity index (χ4v) is 10.6. The minimum absolute atomic E-state index is 0.00463. The Morgan fingerprint density at radius 2 is 0.635 bits per heavy atom. The summed E-state index contributed by atoms with van der Waals surface area (Å²) >= 11 is 0. The first-order chi connectivity index (χ1) is 36.5. The second kappa shape index (κ2) is 63.9. The zero-order valence-corrected chi connectivity index (χ0v) is 50.1. The summed E-state index contributed by atoms with van der Waals surface area (Å²) in [7, 11) is 0.